The Morgan fingerprint density at radius 1 is 1.15 bits per heavy atom. The number of rotatable bonds is 7. The molecule has 0 saturated carbocycles. The van der Waals surface area contributed by atoms with E-state index in [1.807, 2.05) is 6.07 Å². The molecule has 9 heteroatoms. The Balaban J connectivity index is 2.51. The van der Waals surface area contributed by atoms with Crippen LogP contribution in [0.15, 0.2) is 47.4 Å². The van der Waals surface area contributed by atoms with Crippen LogP contribution in [-0.2, 0) is 10.0 Å². The zero-order valence-corrected chi connectivity index (χ0v) is 15.1. The van der Waals surface area contributed by atoms with Crippen molar-refractivity contribution in [3.05, 3.63) is 58.1 Å². The predicted octanol–water partition coefficient (Wildman–Crippen LogP) is 3.29. The summed E-state index contributed by atoms with van der Waals surface area (Å²) >= 11 is 0. The van der Waals surface area contributed by atoms with Gasteiger partial charge in [-0.15, -0.1) is 0 Å². The molecular weight excluding hydrogens is 358 g/mol. The molecule has 0 aliphatic rings. The van der Waals surface area contributed by atoms with E-state index in [0.717, 1.165) is 6.07 Å². The maximum absolute atomic E-state index is 12.6. The van der Waals surface area contributed by atoms with Crippen molar-refractivity contribution in [2.24, 2.45) is 0 Å². The molecule has 0 fully saturated rings. The van der Waals surface area contributed by atoms with Gasteiger partial charge < -0.3 is 4.74 Å². The lowest BCUT2D eigenvalue weighted by atomic mass is 10.2. The fourth-order valence-corrected chi connectivity index (χ4v) is 3.84. The van der Waals surface area contributed by atoms with Crippen molar-refractivity contribution >= 4 is 15.7 Å². The van der Waals surface area contributed by atoms with Crippen LogP contribution < -0.4 is 4.74 Å². The summed E-state index contributed by atoms with van der Waals surface area (Å²) < 4.78 is 31.8. The molecule has 136 valence electrons. The van der Waals surface area contributed by atoms with E-state index < -0.39 is 20.6 Å². The monoisotopic (exact) mass is 375 g/mol. The van der Waals surface area contributed by atoms with Gasteiger partial charge >= 0.3 is 5.69 Å². The quantitative estimate of drug-likeness (QED) is 0.542. The summed E-state index contributed by atoms with van der Waals surface area (Å²) in [7, 11) is -3.84. The zero-order chi connectivity index (χ0) is 19.3. The molecule has 26 heavy (non-hydrogen) atoms. The average Bonchev–Trinajstić information content (AvgIpc) is 2.63. The number of nitrogens with zero attached hydrogens (tertiary/aromatic N) is 3. The molecule has 0 N–H and O–H groups in total. The first-order valence-corrected chi connectivity index (χ1v) is 9.24. The second-order valence-corrected chi connectivity index (χ2v) is 7.12. The Hall–Kier alpha value is -2.96. The van der Waals surface area contributed by atoms with Crippen molar-refractivity contribution in [1.29, 1.82) is 5.26 Å². The highest BCUT2D eigenvalue weighted by atomic mass is 32.2. The van der Waals surface area contributed by atoms with Gasteiger partial charge in [-0.1, -0.05) is 26.0 Å². The topological polar surface area (TPSA) is 114 Å². The van der Waals surface area contributed by atoms with Crippen LogP contribution in [-0.4, -0.2) is 30.7 Å². The number of nitriles is 1. The number of hydrogen-bond donors (Lipinski definition) is 0. The zero-order valence-electron chi connectivity index (χ0n) is 14.2. The molecule has 0 aliphatic carbocycles. The molecule has 0 aliphatic heterocycles. The summed E-state index contributed by atoms with van der Waals surface area (Å²) in [4.78, 5) is 10.5. The van der Waals surface area contributed by atoms with E-state index >= 15 is 0 Å². The van der Waals surface area contributed by atoms with E-state index in [-0.39, 0.29) is 35.0 Å². The van der Waals surface area contributed by atoms with Gasteiger partial charge in [-0.25, -0.2) is 8.42 Å². The lowest BCUT2D eigenvalue weighted by molar-refractivity contribution is -0.385. The van der Waals surface area contributed by atoms with Crippen LogP contribution in [0, 0.1) is 21.4 Å². The van der Waals surface area contributed by atoms with Crippen LogP contribution in [0.2, 0.25) is 0 Å². The average molecular weight is 375 g/mol. The Bertz CT molecular complexity index is 963. The number of sulfonamides is 1. The van der Waals surface area contributed by atoms with Crippen LogP contribution >= 0.6 is 0 Å². The second kappa shape index (κ2) is 7.95. The van der Waals surface area contributed by atoms with Gasteiger partial charge in [-0.3, -0.25) is 10.1 Å². The minimum absolute atomic E-state index is 0.142. The number of para-hydroxylation sites is 1. The molecule has 0 amide bonds. The van der Waals surface area contributed by atoms with Crippen LogP contribution in [0.4, 0.5) is 5.69 Å². The van der Waals surface area contributed by atoms with Gasteiger partial charge in [-0.2, -0.15) is 9.57 Å². The Morgan fingerprint density at radius 2 is 1.81 bits per heavy atom. The molecule has 8 nitrogen and oxygen atoms in total. The molecule has 0 aromatic heterocycles. The van der Waals surface area contributed by atoms with E-state index in [4.69, 9.17) is 10.00 Å². The van der Waals surface area contributed by atoms with Crippen LogP contribution in [0.3, 0.4) is 0 Å². The maximum Gasteiger partial charge on any atom is 0.312 e. The fourth-order valence-electron chi connectivity index (χ4n) is 2.37. The van der Waals surface area contributed by atoms with Crippen molar-refractivity contribution in [1.82, 2.24) is 4.31 Å². The SMILES string of the molecule is CCN(CC)S(=O)(=O)c1ccc(Oc2ccccc2C#N)c([N+](=O)[O-])c1. The lowest BCUT2D eigenvalue weighted by Crippen LogP contribution is -2.30. The summed E-state index contributed by atoms with van der Waals surface area (Å²) in [5, 5.41) is 20.5. The van der Waals surface area contributed by atoms with Crippen molar-refractivity contribution in [3.63, 3.8) is 0 Å². The van der Waals surface area contributed by atoms with E-state index in [9.17, 15) is 18.5 Å². The summed E-state index contributed by atoms with van der Waals surface area (Å²) in [5.74, 6) is 0.00801. The molecule has 0 radical (unpaired) electrons. The first-order valence-electron chi connectivity index (χ1n) is 7.80. The first-order chi connectivity index (χ1) is 12.3. The van der Waals surface area contributed by atoms with E-state index in [1.165, 1.54) is 28.6 Å². The summed E-state index contributed by atoms with van der Waals surface area (Å²) in [6, 6.07) is 11.7. The number of ether oxygens (including phenoxy) is 1. The Morgan fingerprint density at radius 3 is 2.38 bits per heavy atom. The van der Waals surface area contributed by atoms with Crippen LogP contribution in [0.25, 0.3) is 0 Å². The number of benzene rings is 2. The smallest absolute Gasteiger partial charge is 0.312 e. The molecule has 2 rings (SSSR count). The molecule has 2 aromatic rings. The van der Waals surface area contributed by atoms with Crippen LogP contribution in [0.1, 0.15) is 19.4 Å². The predicted molar refractivity (Wildman–Crippen MR) is 94.4 cm³/mol. The minimum Gasteiger partial charge on any atom is -0.449 e. The van der Waals surface area contributed by atoms with Gasteiger partial charge in [0.25, 0.3) is 0 Å². The highest BCUT2D eigenvalue weighted by molar-refractivity contribution is 7.89. The largest absolute Gasteiger partial charge is 0.449 e. The highest BCUT2D eigenvalue weighted by Crippen LogP contribution is 2.35. The van der Waals surface area contributed by atoms with Gasteiger partial charge in [0, 0.05) is 19.2 Å². The number of nitro benzene ring substituents is 1. The second-order valence-electron chi connectivity index (χ2n) is 5.19. The Labute approximate surface area is 151 Å². The van der Waals surface area contributed by atoms with Crippen molar-refractivity contribution < 1.29 is 18.1 Å². The number of nitro groups is 1. The normalized spacial score (nSPS) is 11.2. The maximum atomic E-state index is 12.6. The van der Waals surface area contributed by atoms with E-state index in [1.54, 1.807) is 26.0 Å². The molecule has 0 unspecified atom stereocenters. The fraction of sp³-hybridized carbons (Fsp3) is 0.235. The number of hydrogen-bond acceptors (Lipinski definition) is 6. The van der Waals surface area contributed by atoms with Gasteiger partial charge in [0.1, 0.15) is 11.8 Å². The molecule has 0 heterocycles. The molecule has 0 saturated heterocycles. The third kappa shape index (κ3) is 3.82. The van der Waals surface area contributed by atoms with E-state index in [2.05, 4.69) is 0 Å². The third-order valence-electron chi connectivity index (χ3n) is 3.70. The molecule has 2 aromatic carbocycles. The van der Waals surface area contributed by atoms with Crippen LogP contribution in [0.5, 0.6) is 11.5 Å². The standard InChI is InChI=1S/C17H17N3O5S/c1-3-19(4-2)26(23,24)14-9-10-17(15(11-14)20(21)22)25-16-8-6-5-7-13(16)12-18/h5-11H,3-4H2,1-2H3. The van der Waals surface area contributed by atoms with E-state index in [0.29, 0.717) is 0 Å². The van der Waals surface area contributed by atoms with Crippen molar-refractivity contribution in [2.45, 2.75) is 18.7 Å². The summed E-state index contributed by atoms with van der Waals surface area (Å²) in [6.45, 7) is 3.87. The molecule has 0 bridgehead atoms. The summed E-state index contributed by atoms with van der Waals surface area (Å²) in [6.07, 6.45) is 0. The molecular formula is C17H17N3O5S. The van der Waals surface area contributed by atoms with Crippen molar-refractivity contribution in [3.8, 4) is 17.6 Å². The lowest BCUT2D eigenvalue weighted by Gasteiger charge is -2.18. The van der Waals surface area contributed by atoms with Crippen molar-refractivity contribution in [2.75, 3.05) is 13.1 Å². The molecule has 0 spiro atoms. The highest BCUT2D eigenvalue weighted by Gasteiger charge is 2.26. The molecule has 0 atom stereocenters. The Kier molecular flexibility index (Phi) is 5.92. The third-order valence-corrected chi connectivity index (χ3v) is 5.74. The minimum atomic E-state index is -3.84. The van der Waals surface area contributed by atoms with Gasteiger partial charge in [0.15, 0.2) is 0 Å². The summed E-state index contributed by atoms with van der Waals surface area (Å²) in [5.41, 5.74) is -0.285. The van der Waals surface area contributed by atoms with Gasteiger partial charge in [0.2, 0.25) is 15.8 Å². The van der Waals surface area contributed by atoms with Gasteiger partial charge in [0.05, 0.1) is 15.4 Å². The van der Waals surface area contributed by atoms with Gasteiger partial charge in [-0.05, 0) is 24.3 Å². The first kappa shape index (κ1) is 19.4.